The maximum Gasteiger partial charge on any atom is 0.164 e. The van der Waals surface area contributed by atoms with Crippen LogP contribution in [-0.4, -0.2) is 30.3 Å². The maximum atomic E-state index is 11.9. The van der Waals surface area contributed by atoms with Gasteiger partial charge in [-0.25, -0.2) is 0 Å². The third kappa shape index (κ3) is 4.02. The molecule has 3 nitrogen and oxygen atoms in total. The molecule has 0 radical (unpaired) electrons. The second kappa shape index (κ2) is 6.62. The van der Waals surface area contributed by atoms with Crippen molar-refractivity contribution in [2.75, 3.05) is 25.4 Å². The van der Waals surface area contributed by atoms with Crippen LogP contribution in [0.15, 0.2) is 18.2 Å². The van der Waals surface area contributed by atoms with E-state index in [1.54, 1.807) is 18.2 Å². The molecule has 1 rings (SSSR count). The number of carbonyl (C=O) groups is 1. The fraction of sp³-hybridized carbons (Fsp3) is 0.462. The minimum absolute atomic E-state index is 0.111. The van der Waals surface area contributed by atoms with E-state index in [4.69, 9.17) is 17.3 Å². The zero-order valence-electron chi connectivity index (χ0n) is 10.4. The summed E-state index contributed by atoms with van der Waals surface area (Å²) in [6.07, 6.45) is 0.517. The number of rotatable bonds is 6. The van der Waals surface area contributed by atoms with Gasteiger partial charge in [0.25, 0.3) is 0 Å². The Morgan fingerprint density at radius 2 is 2.00 bits per heavy atom. The molecule has 0 aliphatic rings. The zero-order chi connectivity index (χ0) is 12.8. The molecule has 1 aromatic carbocycles. The number of carbonyl (C=O) groups excluding carboxylic acids is 1. The summed E-state index contributed by atoms with van der Waals surface area (Å²) in [6, 6.07) is 5.04. The van der Waals surface area contributed by atoms with Gasteiger partial charge in [-0.15, -0.1) is 0 Å². The Balaban J connectivity index is 2.61. The van der Waals surface area contributed by atoms with Crippen molar-refractivity contribution in [2.45, 2.75) is 20.3 Å². The minimum Gasteiger partial charge on any atom is -0.398 e. The van der Waals surface area contributed by atoms with Crippen molar-refractivity contribution in [3.63, 3.8) is 0 Å². The molecule has 0 unspecified atom stereocenters. The highest BCUT2D eigenvalue weighted by atomic mass is 35.5. The number of hydrogen-bond donors (Lipinski definition) is 1. The predicted octanol–water partition coefficient (Wildman–Crippen LogP) is 2.84. The summed E-state index contributed by atoms with van der Waals surface area (Å²) in [5, 5.41) is 0.491. The Kier molecular flexibility index (Phi) is 5.45. The normalized spacial score (nSPS) is 10.8. The van der Waals surface area contributed by atoms with Crippen molar-refractivity contribution in [3.05, 3.63) is 28.8 Å². The quantitative estimate of drug-likeness (QED) is 0.627. The highest BCUT2D eigenvalue weighted by Crippen LogP contribution is 2.20. The van der Waals surface area contributed by atoms with Crippen molar-refractivity contribution in [2.24, 2.45) is 0 Å². The third-order valence-electron chi connectivity index (χ3n) is 2.87. The summed E-state index contributed by atoms with van der Waals surface area (Å²) in [4.78, 5) is 14.1. The van der Waals surface area contributed by atoms with Gasteiger partial charge < -0.3 is 10.6 Å². The Morgan fingerprint density at radius 3 is 2.53 bits per heavy atom. The molecule has 1 aromatic rings. The fourth-order valence-electron chi connectivity index (χ4n) is 1.66. The van der Waals surface area contributed by atoms with Gasteiger partial charge in [0.15, 0.2) is 5.78 Å². The smallest absolute Gasteiger partial charge is 0.164 e. The number of nitrogen functional groups attached to an aromatic ring is 1. The highest BCUT2D eigenvalue weighted by molar-refractivity contribution is 6.33. The second-order valence-corrected chi connectivity index (χ2v) is 4.34. The predicted molar refractivity (Wildman–Crippen MR) is 72.6 cm³/mol. The van der Waals surface area contributed by atoms with Crippen LogP contribution in [0, 0.1) is 0 Å². The lowest BCUT2D eigenvalue weighted by Gasteiger charge is -2.17. The van der Waals surface area contributed by atoms with Gasteiger partial charge in [0.1, 0.15) is 0 Å². The van der Waals surface area contributed by atoms with Crippen LogP contribution in [0.1, 0.15) is 30.6 Å². The topological polar surface area (TPSA) is 46.3 Å². The van der Waals surface area contributed by atoms with Gasteiger partial charge in [0, 0.05) is 18.5 Å². The van der Waals surface area contributed by atoms with Crippen LogP contribution in [0.3, 0.4) is 0 Å². The van der Waals surface area contributed by atoms with E-state index >= 15 is 0 Å². The van der Waals surface area contributed by atoms with Crippen LogP contribution in [0.5, 0.6) is 0 Å². The standard InChI is InChI=1S/C13H19ClN2O/c1-3-16(4-2)8-7-13(17)10-5-6-11(14)12(15)9-10/h5-6,9H,3-4,7-8,15H2,1-2H3. The van der Waals surface area contributed by atoms with E-state index < -0.39 is 0 Å². The first kappa shape index (κ1) is 14.0. The van der Waals surface area contributed by atoms with Crippen molar-refractivity contribution in [3.8, 4) is 0 Å². The number of nitrogens with zero attached hydrogens (tertiary/aromatic N) is 1. The number of hydrogen-bond acceptors (Lipinski definition) is 3. The summed E-state index contributed by atoms with van der Waals surface area (Å²) < 4.78 is 0. The van der Waals surface area contributed by atoms with E-state index in [-0.39, 0.29) is 5.78 Å². The fourth-order valence-corrected chi connectivity index (χ4v) is 1.78. The van der Waals surface area contributed by atoms with Gasteiger partial charge in [0.05, 0.1) is 10.7 Å². The lowest BCUT2D eigenvalue weighted by molar-refractivity contribution is 0.0966. The van der Waals surface area contributed by atoms with Crippen LogP contribution in [-0.2, 0) is 0 Å². The van der Waals surface area contributed by atoms with Crippen molar-refractivity contribution in [1.82, 2.24) is 4.90 Å². The lowest BCUT2D eigenvalue weighted by Crippen LogP contribution is -2.25. The first-order valence-corrected chi connectivity index (χ1v) is 6.26. The molecule has 0 atom stereocenters. The molecule has 2 N–H and O–H groups in total. The van der Waals surface area contributed by atoms with E-state index in [9.17, 15) is 4.79 Å². The van der Waals surface area contributed by atoms with Gasteiger partial charge in [-0.3, -0.25) is 4.79 Å². The molecule has 0 aliphatic heterocycles. The van der Waals surface area contributed by atoms with Crippen LogP contribution >= 0.6 is 11.6 Å². The third-order valence-corrected chi connectivity index (χ3v) is 3.21. The van der Waals surface area contributed by atoms with Crippen LogP contribution < -0.4 is 5.73 Å². The van der Waals surface area contributed by atoms with E-state index in [1.165, 1.54) is 0 Å². The summed E-state index contributed by atoms with van der Waals surface area (Å²) in [7, 11) is 0. The van der Waals surface area contributed by atoms with E-state index in [0.29, 0.717) is 22.7 Å². The molecule has 0 heterocycles. The van der Waals surface area contributed by atoms with Crippen molar-refractivity contribution >= 4 is 23.1 Å². The molecular formula is C13H19ClN2O. The Labute approximate surface area is 108 Å². The number of nitrogens with two attached hydrogens (primary N) is 1. The molecule has 4 heteroatoms. The molecule has 0 aliphatic carbocycles. The van der Waals surface area contributed by atoms with E-state index in [0.717, 1.165) is 19.6 Å². The first-order chi connectivity index (χ1) is 8.08. The first-order valence-electron chi connectivity index (χ1n) is 5.89. The molecule has 0 saturated carbocycles. The van der Waals surface area contributed by atoms with Gasteiger partial charge in [-0.2, -0.15) is 0 Å². The van der Waals surface area contributed by atoms with Crippen molar-refractivity contribution < 1.29 is 4.79 Å². The highest BCUT2D eigenvalue weighted by Gasteiger charge is 2.09. The number of benzene rings is 1. The van der Waals surface area contributed by atoms with E-state index in [2.05, 4.69) is 18.7 Å². The van der Waals surface area contributed by atoms with Crippen LogP contribution in [0.2, 0.25) is 5.02 Å². The summed E-state index contributed by atoms with van der Waals surface area (Å²) in [6.45, 7) is 6.90. The van der Waals surface area contributed by atoms with Gasteiger partial charge in [-0.05, 0) is 31.3 Å². The maximum absolute atomic E-state index is 11.9. The Morgan fingerprint density at radius 1 is 1.35 bits per heavy atom. The summed E-state index contributed by atoms with van der Waals surface area (Å²) in [5.41, 5.74) is 6.77. The monoisotopic (exact) mass is 254 g/mol. The zero-order valence-corrected chi connectivity index (χ0v) is 11.1. The molecule has 17 heavy (non-hydrogen) atoms. The molecule has 0 saturated heterocycles. The Bertz CT molecular complexity index is 389. The minimum atomic E-state index is 0.111. The average Bonchev–Trinajstić information content (AvgIpc) is 2.33. The molecule has 0 amide bonds. The largest absolute Gasteiger partial charge is 0.398 e. The van der Waals surface area contributed by atoms with Crippen molar-refractivity contribution in [1.29, 1.82) is 0 Å². The van der Waals surface area contributed by atoms with Crippen LogP contribution in [0.4, 0.5) is 5.69 Å². The Hall–Kier alpha value is -1.06. The molecule has 0 fully saturated rings. The second-order valence-electron chi connectivity index (χ2n) is 3.94. The SMILES string of the molecule is CCN(CC)CCC(=O)c1ccc(Cl)c(N)c1. The van der Waals surface area contributed by atoms with Crippen LogP contribution in [0.25, 0.3) is 0 Å². The number of anilines is 1. The molecule has 94 valence electrons. The van der Waals surface area contributed by atoms with Gasteiger partial charge >= 0.3 is 0 Å². The summed E-state index contributed by atoms with van der Waals surface area (Å²) >= 11 is 5.81. The molecule has 0 spiro atoms. The molecule has 0 aromatic heterocycles. The molecular weight excluding hydrogens is 236 g/mol. The average molecular weight is 255 g/mol. The number of Topliss-reactive ketones (excluding diaryl/α,β-unsaturated/α-hetero) is 1. The molecule has 0 bridgehead atoms. The number of halogens is 1. The van der Waals surface area contributed by atoms with Gasteiger partial charge in [-0.1, -0.05) is 25.4 Å². The summed E-state index contributed by atoms with van der Waals surface area (Å²) in [5.74, 6) is 0.111. The number of ketones is 1. The van der Waals surface area contributed by atoms with Gasteiger partial charge in [0.2, 0.25) is 0 Å². The lowest BCUT2D eigenvalue weighted by atomic mass is 10.1. The van der Waals surface area contributed by atoms with E-state index in [1.807, 2.05) is 0 Å².